The third kappa shape index (κ3) is 1.46. The molecule has 0 unspecified atom stereocenters. The van der Waals surface area contributed by atoms with Crippen LogP contribution >= 0.6 is 0 Å². The number of nitrogens with zero attached hydrogens (tertiary/aromatic N) is 2. The fraction of sp³-hybridized carbons (Fsp3) is 0.0833. The summed E-state index contributed by atoms with van der Waals surface area (Å²) in [4.78, 5) is 31.7. The summed E-state index contributed by atoms with van der Waals surface area (Å²) in [7, 11) is 1.76. The van der Waals surface area contributed by atoms with Crippen LogP contribution in [0.2, 0.25) is 0 Å². The minimum Gasteiger partial charge on any atom is -0.331 e. The van der Waals surface area contributed by atoms with Crippen molar-refractivity contribution in [3.8, 4) is 11.3 Å². The number of H-pyrrole nitrogens is 2. The van der Waals surface area contributed by atoms with Gasteiger partial charge in [0, 0.05) is 12.6 Å². The number of hydrogen-bond donors (Lipinski definition) is 2. The third-order valence-corrected chi connectivity index (χ3v) is 2.88. The number of benzene rings is 1. The summed E-state index contributed by atoms with van der Waals surface area (Å²) in [6, 6.07) is 5.40. The summed E-state index contributed by atoms with van der Waals surface area (Å²) in [5.74, 6) is 0. The minimum atomic E-state index is -0.251. The molecule has 2 heterocycles. The molecular weight excluding hydrogens is 232 g/mol. The zero-order chi connectivity index (χ0) is 12.7. The van der Waals surface area contributed by atoms with Crippen molar-refractivity contribution in [2.75, 3.05) is 0 Å². The first kappa shape index (κ1) is 10.5. The van der Waals surface area contributed by atoms with Crippen molar-refractivity contribution in [2.24, 2.45) is 7.05 Å². The Morgan fingerprint density at radius 3 is 2.83 bits per heavy atom. The molecule has 0 saturated heterocycles. The van der Waals surface area contributed by atoms with Crippen LogP contribution in [0.3, 0.4) is 0 Å². The fourth-order valence-corrected chi connectivity index (χ4v) is 1.98. The van der Waals surface area contributed by atoms with Gasteiger partial charge in [-0.2, -0.15) is 0 Å². The predicted octanol–water partition coefficient (Wildman–Crippen LogP) is 1.07. The maximum atomic E-state index is 11.2. The third-order valence-electron chi connectivity index (χ3n) is 2.88. The summed E-state index contributed by atoms with van der Waals surface area (Å²) >= 11 is 0. The van der Waals surface area contributed by atoms with E-state index < -0.39 is 0 Å². The van der Waals surface area contributed by atoms with Gasteiger partial charge in [0.2, 0.25) is 0 Å². The molecule has 6 nitrogen and oxygen atoms in total. The molecule has 0 bridgehead atoms. The molecule has 0 radical (unpaired) electrons. The molecule has 0 atom stereocenters. The number of hydrogen-bond acceptors (Lipinski definition) is 3. The SMILES string of the molecule is Cn1cnc(-c2ccc3[nH]c(=O)[nH]c3c2)c1C=O. The molecule has 0 aliphatic heterocycles. The van der Waals surface area contributed by atoms with Gasteiger partial charge in [-0.3, -0.25) is 4.79 Å². The van der Waals surface area contributed by atoms with Crippen LogP contribution in [0, 0.1) is 0 Å². The molecule has 0 saturated carbocycles. The number of aromatic amines is 2. The highest BCUT2D eigenvalue weighted by atomic mass is 16.1. The number of aldehydes is 1. The van der Waals surface area contributed by atoms with E-state index in [1.807, 2.05) is 6.07 Å². The van der Waals surface area contributed by atoms with Crippen molar-refractivity contribution >= 4 is 17.3 Å². The van der Waals surface area contributed by atoms with E-state index in [1.165, 1.54) is 0 Å². The van der Waals surface area contributed by atoms with E-state index in [9.17, 15) is 9.59 Å². The Morgan fingerprint density at radius 2 is 2.06 bits per heavy atom. The first-order chi connectivity index (χ1) is 8.69. The summed E-state index contributed by atoms with van der Waals surface area (Å²) in [5.41, 5.74) is 3.08. The summed E-state index contributed by atoms with van der Waals surface area (Å²) < 4.78 is 1.66. The lowest BCUT2D eigenvalue weighted by atomic mass is 10.1. The highest BCUT2D eigenvalue weighted by Gasteiger charge is 2.11. The van der Waals surface area contributed by atoms with E-state index in [2.05, 4.69) is 15.0 Å². The molecule has 18 heavy (non-hydrogen) atoms. The molecule has 3 rings (SSSR count). The number of fused-ring (bicyclic) bond motifs is 1. The lowest BCUT2D eigenvalue weighted by molar-refractivity contribution is 0.111. The first-order valence-corrected chi connectivity index (χ1v) is 5.38. The molecule has 6 heteroatoms. The standard InChI is InChI=1S/C12H10N4O2/c1-16-6-13-11(10(16)5-17)7-2-3-8-9(4-7)15-12(18)14-8/h2-6H,1H3,(H2,14,15,18). The molecule has 90 valence electrons. The van der Waals surface area contributed by atoms with E-state index in [-0.39, 0.29) is 5.69 Å². The smallest absolute Gasteiger partial charge is 0.323 e. The topological polar surface area (TPSA) is 83.5 Å². The van der Waals surface area contributed by atoms with Crippen LogP contribution in [0.5, 0.6) is 0 Å². The number of nitrogens with one attached hydrogen (secondary N) is 2. The monoisotopic (exact) mass is 242 g/mol. The highest BCUT2D eigenvalue weighted by molar-refractivity contribution is 5.87. The number of carbonyl (C=O) groups excluding carboxylic acids is 1. The van der Waals surface area contributed by atoms with Crippen LogP contribution in [-0.4, -0.2) is 25.8 Å². The molecule has 2 N–H and O–H groups in total. The van der Waals surface area contributed by atoms with Crippen LogP contribution in [0.15, 0.2) is 29.3 Å². The number of rotatable bonds is 2. The average Bonchev–Trinajstić information content (AvgIpc) is 2.89. The van der Waals surface area contributed by atoms with Crippen molar-refractivity contribution < 1.29 is 4.79 Å². The van der Waals surface area contributed by atoms with Crippen LogP contribution in [-0.2, 0) is 7.05 Å². The zero-order valence-corrected chi connectivity index (χ0v) is 9.60. The second-order valence-electron chi connectivity index (χ2n) is 4.05. The summed E-state index contributed by atoms with van der Waals surface area (Å²) in [6.45, 7) is 0. The molecule has 0 aliphatic carbocycles. The van der Waals surface area contributed by atoms with Gasteiger partial charge in [0.25, 0.3) is 0 Å². The van der Waals surface area contributed by atoms with Gasteiger partial charge < -0.3 is 14.5 Å². The van der Waals surface area contributed by atoms with Gasteiger partial charge in [-0.25, -0.2) is 9.78 Å². The Bertz CT molecular complexity index is 794. The molecule has 2 aromatic heterocycles. The van der Waals surface area contributed by atoms with E-state index >= 15 is 0 Å². The second-order valence-corrected chi connectivity index (χ2v) is 4.05. The number of imidazole rings is 2. The van der Waals surface area contributed by atoms with Gasteiger partial charge in [0.15, 0.2) is 6.29 Å². The maximum Gasteiger partial charge on any atom is 0.323 e. The quantitative estimate of drug-likeness (QED) is 0.659. The van der Waals surface area contributed by atoms with Gasteiger partial charge in [-0.05, 0) is 12.1 Å². The van der Waals surface area contributed by atoms with Crippen molar-refractivity contribution in [1.82, 2.24) is 19.5 Å². The lowest BCUT2D eigenvalue weighted by Crippen LogP contribution is -1.99. The van der Waals surface area contributed by atoms with E-state index in [0.717, 1.165) is 17.4 Å². The Balaban J connectivity index is 2.24. The van der Waals surface area contributed by atoms with Crippen LogP contribution < -0.4 is 5.69 Å². The zero-order valence-electron chi connectivity index (χ0n) is 9.60. The first-order valence-electron chi connectivity index (χ1n) is 5.38. The van der Waals surface area contributed by atoms with E-state index in [4.69, 9.17) is 0 Å². The van der Waals surface area contributed by atoms with Gasteiger partial charge in [-0.1, -0.05) is 6.07 Å². The van der Waals surface area contributed by atoms with E-state index in [0.29, 0.717) is 16.9 Å². The van der Waals surface area contributed by atoms with Crippen LogP contribution in [0.4, 0.5) is 0 Å². The summed E-state index contributed by atoms with van der Waals surface area (Å²) in [6.07, 6.45) is 2.36. The van der Waals surface area contributed by atoms with Crippen LogP contribution in [0.1, 0.15) is 10.5 Å². The summed E-state index contributed by atoms with van der Waals surface area (Å²) in [5, 5.41) is 0. The van der Waals surface area contributed by atoms with Crippen LogP contribution in [0.25, 0.3) is 22.3 Å². The molecule has 0 fully saturated rings. The average molecular weight is 242 g/mol. The van der Waals surface area contributed by atoms with Crippen molar-refractivity contribution in [3.63, 3.8) is 0 Å². The van der Waals surface area contributed by atoms with Gasteiger partial charge in [0.05, 0.1) is 23.1 Å². The molecule has 0 amide bonds. The Labute approximate surface area is 101 Å². The molecule has 0 spiro atoms. The van der Waals surface area contributed by atoms with E-state index in [1.54, 1.807) is 30.1 Å². The van der Waals surface area contributed by atoms with Gasteiger partial charge in [-0.15, -0.1) is 0 Å². The number of carbonyl (C=O) groups is 1. The number of aryl methyl sites for hydroxylation is 1. The van der Waals surface area contributed by atoms with Crippen molar-refractivity contribution in [2.45, 2.75) is 0 Å². The predicted molar refractivity (Wildman–Crippen MR) is 66.5 cm³/mol. The Morgan fingerprint density at radius 1 is 1.28 bits per heavy atom. The second kappa shape index (κ2) is 3.69. The molecule has 0 aliphatic rings. The Kier molecular flexibility index (Phi) is 2.16. The van der Waals surface area contributed by atoms with Crippen molar-refractivity contribution in [3.05, 3.63) is 40.7 Å². The highest BCUT2D eigenvalue weighted by Crippen LogP contribution is 2.23. The maximum absolute atomic E-state index is 11.2. The van der Waals surface area contributed by atoms with Gasteiger partial charge in [0.1, 0.15) is 5.69 Å². The minimum absolute atomic E-state index is 0.251. The molecular formula is C12H10N4O2. The normalized spacial score (nSPS) is 10.9. The van der Waals surface area contributed by atoms with Crippen molar-refractivity contribution in [1.29, 1.82) is 0 Å². The molecule has 1 aromatic carbocycles. The van der Waals surface area contributed by atoms with Gasteiger partial charge >= 0.3 is 5.69 Å². The molecule has 3 aromatic rings. The largest absolute Gasteiger partial charge is 0.331 e. The number of aromatic nitrogens is 4. The lowest BCUT2D eigenvalue weighted by Gasteiger charge is -1.99. The fourth-order valence-electron chi connectivity index (χ4n) is 1.98. The Hall–Kier alpha value is -2.63.